The summed E-state index contributed by atoms with van der Waals surface area (Å²) in [6.07, 6.45) is 0.894. The first-order valence-corrected chi connectivity index (χ1v) is 6.38. The van der Waals surface area contributed by atoms with Gasteiger partial charge in [0.1, 0.15) is 5.82 Å². The predicted octanol–water partition coefficient (Wildman–Crippen LogP) is 2.67. The Morgan fingerprint density at radius 1 is 1.47 bits per heavy atom. The summed E-state index contributed by atoms with van der Waals surface area (Å²) >= 11 is 0. The third-order valence-electron chi connectivity index (χ3n) is 3.10. The molecule has 0 heterocycles. The molecule has 0 atom stereocenters. The summed E-state index contributed by atoms with van der Waals surface area (Å²) in [5, 5.41) is 12.0. The van der Waals surface area contributed by atoms with E-state index in [4.69, 9.17) is 5.11 Å². The second kappa shape index (κ2) is 7.09. The van der Waals surface area contributed by atoms with Gasteiger partial charge in [0, 0.05) is 18.3 Å². The Morgan fingerprint density at radius 2 is 2.16 bits per heavy atom. The molecular formula is C14H21FN2O2. The molecule has 0 amide bonds. The normalized spacial score (nSPS) is 11.1. The van der Waals surface area contributed by atoms with E-state index in [0.717, 1.165) is 19.0 Å². The van der Waals surface area contributed by atoms with Crippen LogP contribution in [0, 0.1) is 5.82 Å². The summed E-state index contributed by atoms with van der Waals surface area (Å²) < 4.78 is 13.0. The van der Waals surface area contributed by atoms with E-state index < -0.39 is 11.8 Å². The molecule has 4 nitrogen and oxygen atoms in total. The van der Waals surface area contributed by atoms with E-state index in [1.165, 1.54) is 12.1 Å². The third kappa shape index (κ3) is 4.87. The van der Waals surface area contributed by atoms with Gasteiger partial charge in [0.25, 0.3) is 0 Å². The number of carboxylic acid groups (broad SMARTS) is 1. The molecule has 106 valence electrons. The number of benzene rings is 1. The highest BCUT2D eigenvalue weighted by atomic mass is 19.1. The van der Waals surface area contributed by atoms with Crippen LogP contribution >= 0.6 is 0 Å². The number of nitrogens with one attached hydrogen (secondary N) is 1. The zero-order valence-electron chi connectivity index (χ0n) is 11.6. The molecule has 0 aliphatic heterocycles. The van der Waals surface area contributed by atoms with Crippen LogP contribution in [0.5, 0.6) is 0 Å². The van der Waals surface area contributed by atoms with Crippen LogP contribution in [0.25, 0.3) is 0 Å². The lowest BCUT2D eigenvalue weighted by molar-refractivity contribution is 0.0697. The minimum absolute atomic E-state index is 0.0304. The molecule has 0 aromatic heterocycles. The van der Waals surface area contributed by atoms with Gasteiger partial charge in [-0.15, -0.1) is 0 Å². The number of hydrogen-bond acceptors (Lipinski definition) is 3. The van der Waals surface area contributed by atoms with Crippen molar-refractivity contribution < 1.29 is 14.3 Å². The van der Waals surface area contributed by atoms with Crippen molar-refractivity contribution in [3.05, 3.63) is 29.6 Å². The Morgan fingerprint density at radius 3 is 2.74 bits per heavy atom. The van der Waals surface area contributed by atoms with Crippen LogP contribution in [0.1, 0.15) is 30.6 Å². The van der Waals surface area contributed by atoms with Crippen molar-refractivity contribution in [3.8, 4) is 0 Å². The van der Waals surface area contributed by atoms with E-state index >= 15 is 0 Å². The number of hydrogen-bond donors (Lipinski definition) is 2. The topological polar surface area (TPSA) is 52.6 Å². The first-order chi connectivity index (χ1) is 8.91. The quantitative estimate of drug-likeness (QED) is 0.746. The fourth-order valence-corrected chi connectivity index (χ4v) is 1.66. The molecule has 1 rings (SSSR count). The van der Waals surface area contributed by atoms with Gasteiger partial charge in [-0.3, -0.25) is 0 Å². The van der Waals surface area contributed by atoms with Crippen molar-refractivity contribution in [2.24, 2.45) is 0 Å². The second-order valence-corrected chi connectivity index (χ2v) is 4.85. The van der Waals surface area contributed by atoms with Crippen molar-refractivity contribution in [3.63, 3.8) is 0 Å². The van der Waals surface area contributed by atoms with Crippen LogP contribution in [0.3, 0.4) is 0 Å². The maximum Gasteiger partial charge on any atom is 0.337 e. The smallest absolute Gasteiger partial charge is 0.337 e. The zero-order chi connectivity index (χ0) is 14.4. The molecule has 0 saturated carbocycles. The first kappa shape index (κ1) is 15.4. The third-order valence-corrected chi connectivity index (χ3v) is 3.10. The maximum atomic E-state index is 13.0. The average Bonchev–Trinajstić information content (AvgIpc) is 2.35. The summed E-state index contributed by atoms with van der Waals surface area (Å²) in [7, 11) is 2.05. The van der Waals surface area contributed by atoms with Crippen molar-refractivity contribution in [1.82, 2.24) is 4.90 Å². The molecule has 0 bridgehead atoms. The maximum absolute atomic E-state index is 13.0. The molecular weight excluding hydrogens is 247 g/mol. The van der Waals surface area contributed by atoms with Crippen molar-refractivity contribution in [2.45, 2.75) is 26.3 Å². The largest absolute Gasteiger partial charge is 0.478 e. The summed E-state index contributed by atoms with van der Waals surface area (Å²) in [6, 6.07) is 4.24. The standard InChI is InChI=1S/C14H21FN2O2/c1-10(2)17(3)8-4-7-16-13-6-5-11(15)9-12(13)14(18)19/h5-6,9-10,16H,4,7-8H2,1-3H3,(H,18,19). The predicted molar refractivity (Wildman–Crippen MR) is 74.2 cm³/mol. The van der Waals surface area contributed by atoms with Gasteiger partial charge in [-0.25, -0.2) is 9.18 Å². The Hall–Kier alpha value is -1.62. The van der Waals surface area contributed by atoms with E-state index in [1.54, 1.807) is 0 Å². The number of carboxylic acids is 1. The van der Waals surface area contributed by atoms with E-state index in [-0.39, 0.29) is 5.56 Å². The molecule has 5 heteroatoms. The molecule has 0 fully saturated rings. The molecule has 0 unspecified atom stereocenters. The number of rotatable bonds is 7. The van der Waals surface area contributed by atoms with Gasteiger partial charge >= 0.3 is 5.97 Å². The number of halogens is 1. The van der Waals surface area contributed by atoms with Crippen molar-refractivity contribution in [2.75, 3.05) is 25.5 Å². The van der Waals surface area contributed by atoms with Gasteiger partial charge in [-0.05, 0) is 52.1 Å². The minimum atomic E-state index is -1.12. The summed E-state index contributed by atoms with van der Waals surface area (Å²) in [5.41, 5.74) is 0.429. The minimum Gasteiger partial charge on any atom is -0.478 e. The molecule has 0 spiro atoms. The first-order valence-electron chi connectivity index (χ1n) is 6.38. The Bertz CT molecular complexity index is 435. The monoisotopic (exact) mass is 268 g/mol. The van der Waals surface area contributed by atoms with Crippen molar-refractivity contribution in [1.29, 1.82) is 0 Å². The fraction of sp³-hybridized carbons (Fsp3) is 0.500. The number of anilines is 1. The lowest BCUT2D eigenvalue weighted by Gasteiger charge is -2.21. The Kier molecular flexibility index (Phi) is 5.76. The van der Waals surface area contributed by atoms with Gasteiger partial charge in [-0.1, -0.05) is 0 Å². The number of carbonyl (C=O) groups is 1. The second-order valence-electron chi connectivity index (χ2n) is 4.85. The summed E-state index contributed by atoms with van der Waals surface area (Å²) in [4.78, 5) is 13.2. The highest BCUT2D eigenvalue weighted by molar-refractivity contribution is 5.94. The van der Waals surface area contributed by atoms with Gasteiger partial charge < -0.3 is 15.3 Å². The van der Waals surface area contributed by atoms with Crippen LogP contribution in [0.15, 0.2) is 18.2 Å². The van der Waals surface area contributed by atoms with Gasteiger partial charge in [0.15, 0.2) is 0 Å². The number of aromatic carboxylic acids is 1. The molecule has 0 aliphatic rings. The molecule has 1 aromatic rings. The summed E-state index contributed by atoms with van der Waals surface area (Å²) in [5.74, 6) is -1.66. The van der Waals surface area contributed by atoms with Gasteiger partial charge in [0.2, 0.25) is 0 Å². The Balaban J connectivity index is 2.52. The average molecular weight is 268 g/mol. The fourth-order valence-electron chi connectivity index (χ4n) is 1.66. The van der Waals surface area contributed by atoms with Crippen LogP contribution in [-0.2, 0) is 0 Å². The molecule has 0 radical (unpaired) electrons. The molecule has 0 saturated heterocycles. The highest BCUT2D eigenvalue weighted by Gasteiger charge is 2.11. The SMILES string of the molecule is CC(C)N(C)CCCNc1ccc(F)cc1C(=O)O. The Labute approximate surface area is 113 Å². The summed E-state index contributed by atoms with van der Waals surface area (Å²) in [6.45, 7) is 5.82. The lowest BCUT2D eigenvalue weighted by Crippen LogP contribution is -2.28. The van der Waals surface area contributed by atoms with Crippen molar-refractivity contribution >= 4 is 11.7 Å². The van der Waals surface area contributed by atoms with Crippen LogP contribution in [-0.4, -0.2) is 42.2 Å². The van der Waals surface area contributed by atoms with Crippen LogP contribution < -0.4 is 5.32 Å². The molecule has 2 N–H and O–H groups in total. The van der Waals surface area contributed by atoms with Gasteiger partial charge in [0.05, 0.1) is 5.56 Å². The van der Waals surface area contributed by atoms with E-state index in [2.05, 4.69) is 24.1 Å². The van der Waals surface area contributed by atoms with E-state index in [1.807, 2.05) is 7.05 Å². The molecule has 19 heavy (non-hydrogen) atoms. The number of nitrogens with zero attached hydrogens (tertiary/aromatic N) is 1. The molecule has 0 aliphatic carbocycles. The zero-order valence-corrected chi connectivity index (χ0v) is 11.6. The van der Waals surface area contributed by atoms with Crippen LogP contribution in [0.4, 0.5) is 10.1 Å². The van der Waals surface area contributed by atoms with Crippen LogP contribution in [0.2, 0.25) is 0 Å². The molecule has 1 aromatic carbocycles. The van der Waals surface area contributed by atoms with E-state index in [0.29, 0.717) is 18.3 Å². The van der Waals surface area contributed by atoms with Gasteiger partial charge in [-0.2, -0.15) is 0 Å². The lowest BCUT2D eigenvalue weighted by atomic mass is 10.1. The highest BCUT2D eigenvalue weighted by Crippen LogP contribution is 2.17. The van der Waals surface area contributed by atoms with E-state index in [9.17, 15) is 9.18 Å².